The van der Waals surface area contributed by atoms with Gasteiger partial charge in [0.15, 0.2) is 0 Å². The molecule has 94 valence electrons. The summed E-state index contributed by atoms with van der Waals surface area (Å²) in [6.45, 7) is 1.50. The second-order valence-electron chi connectivity index (χ2n) is 4.32. The summed E-state index contributed by atoms with van der Waals surface area (Å²) in [5.74, 6) is 1.40. The number of hydrogen-bond acceptors (Lipinski definition) is 7. The standard InChI is InChI=1S/C10H18N6O/c1-15(2)9-12-8(11)13-10(14-9)16(3)7-4-5-17-6-7/h7H,4-6H2,1-3H3,(H2,11,12,13,14). The number of rotatable bonds is 3. The molecule has 2 heterocycles. The van der Waals surface area contributed by atoms with Crippen LogP contribution in [0.3, 0.4) is 0 Å². The molecule has 1 unspecified atom stereocenters. The number of aromatic nitrogens is 3. The second-order valence-corrected chi connectivity index (χ2v) is 4.32. The zero-order valence-electron chi connectivity index (χ0n) is 10.4. The Morgan fingerprint density at radius 2 is 1.88 bits per heavy atom. The second kappa shape index (κ2) is 4.70. The Bertz CT molecular complexity index is 390. The number of nitrogens with two attached hydrogens (primary N) is 1. The third-order valence-corrected chi connectivity index (χ3v) is 2.80. The van der Waals surface area contributed by atoms with E-state index in [9.17, 15) is 0 Å². The van der Waals surface area contributed by atoms with Crippen LogP contribution in [0.15, 0.2) is 0 Å². The number of hydrogen-bond donors (Lipinski definition) is 1. The van der Waals surface area contributed by atoms with Gasteiger partial charge in [0.2, 0.25) is 17.8 Å². The predicted molar refractivity (Wildman–Crippen MR) is 66.2 cm³/mol. The Kier molecular flexibility index (Phi) is 3.28. The average Bonchev–Trinajstić information content (AvgIpc) is 2.80. The highest BCUT2D eigenvalue weighted by Crippen LogP contribution is 2.18. The summed E-state index contributed by atoms with van der Waals surface area (Å²) in [7, 11) is 5.70. The molecule has 1 saturated heterocycles. The number of nitrogens with zero attached hydrogens (tertiary/aromatic N) is 5. The zero-order chi connectivity index (χ0) is 12.4. The summed E-state index contributed by atoms with van der Waals surface area (Å²) < 4.78 is 5.35. The van der Waals surface area contributed by atoms with Crippen LogP contribution in [0.2, 0.25) is 0 Å². The third kappa shape index (κ3) is 2.55. The largest absolute Gasteiger partial charge is 0.379 e. The van der Waals surface area contributed by atoms with Crippen molar-refractivity contribution in [2.24, 2.45) is 0 Å². The summed E-state index contributed by atoms with van der Waals surface area (Å²) in [4.78, 5) is 16.4. The monoisotopic (exact) mass is 238 g/mol. The molecule has 1 aromatic rings. The molecule has 0 saturated carbocycles. The number of nitrogen functional groups attached to an aromatic ring is 1. The maximum absolute atomic E-state index is 5.69. The van der Waals surface area contributed by atoms with Crippen LogP contribution < -0.4 is 15.5 Å². The van der Waals surface area contributed by atoms with Gasteiger partial charge in [0.05, 0.1) is 12.6 Å². The minimum absolute atomic E-state index is 0.240. The van der Waals surface area contributed by atoms with Crippen molar-refractivity contribution in [2.75, 3.05) is 49.9 Å². The molecule has 0 aromatic carbocycles. The van der Waals surface area contributed by atoms with Crippen molar-refractivity contribution in [2.45, 2.75) is 12.5 Å². The molecule has 1 fully saturated rings. The molecule has 0 bridgehead atoms. The van der Waals surface area contributed by atoms with Crippen LogP contribution in [0, 0.1) is 0 Å². The van der Waals surface area contributed by atoms with Crippen molar-refractivity contribution in [3.8, 4) is 0 Å². The van der Waals surface area contributed by atoms with E-state index in [0.29, 0.717) is 24.5 Å². The van der Waals surface area contributed by atoms with E-state index in [2.05, 4.69) is 15.0 Å². The fourth-order valence-corrected chi connectivity index (χ4v) is 1.72. The van der Waals surface area contributed by atoms with Crippen LogP contribution in [0.4, 0.5) is 17.8 Å². The summed E-state index contributed by atoms with van der Waals surface area (Å²) in [5, 5.41) is 0. The molecule has 0 amide bonds. The highest BCUT2D eigenvalue weighted by atomic mass is 16.5. The van der Waals surface area contributed by atoms with Gasteiger partial charge < -0.3 is 20.3 Å². The van der Waals surface area contributed by atoms with Crippen molar-refractivity contribution in [3.63, 3.8) is 0 Å². The van der Waals surface area contributed by atoms with Crippen molar-refractivity contribution in [1.29, 1.82) is 0 Å². The molecular formula is C10H18N6O. The van der Waals surface area contributed by atoms with E-state index in [4.69, 9.17) is 10.5 Å². The lowest BCUT2D eigenvalue weighted by atomic mass is 10.2. The Hall–Kier alpha value is -1.63. The van der Waals surface area contributed by atoms with Gasteiger partial charge in [-0.1, -0.05) is 0 Å². The van der Waals surface area contributed by atoms with Crippen LogP contribution >= 0.6 is 0 Å². The first-order valence-corrected chi connectivity index (χ1v) is 5.57. The quantitative estimate of drug-likeness (QED) is 0.777. The van der Waals surface area contributed by atoms with Gasteiger partial charge in [0.1, 0.15) is 0 Å². The highest BCUT2D eigenvalue weighted by Gasteiger charge is 2.23. The maximum atomic E-state index is 5.69. The zero-order valence-corrected chi connectivity index (χ0v) is 10.4. The Balaban J connectivity index is 2.24. The fraction of sp³-hybridized carbons (Fsp3) is 0.700. The molecule has 7 nitrogen and oxygen atoms in total. The van der Waals surface area contributed by atoms with Crippen LogP contribution in [0.25, 0.3) is 0 Å². The normalized spacial score (nSPS) is 19.4. The molecule has 7 heteroatoms. The summed E-state index contributed by atoms with van der Waals surface area (Å²) in [6, 6.07) is 0.312. The van der Waals surface area contributed by atoms with Gasteiger partial charge in [0, 0.05) is 27.7 Å². The molecule has 1 atom stereocenters. The molecule has 2 rings (SSSR count). The summed E-state index contributed by atoms with van der Waals surface area (Å²) in [5.41, 5.74) is 5.69. The first-order chi connectivity index (χ1) is 8.08. The van der Waals surface area contributed by atoms with Crippen LogP contribution in [0.5, 0.6) is 0 Å². The molecule has 1 aliphatic rings. The molecule has 17 heavy (non-hydrogen) atoms. The van der Waals surface area contributed by atoms with E-state index in [1.165, 1.54) is 0 Å². The van der Waals surface area contributed by atoms with Crippen LogP contribution in [-0.2, 0) is 4.74 Å². The van der Waals surface area contributed by atoms with Crippen molar-refractivity contribution in [3.05, 3.63) is 0 Å². The maximum Gasteiger partial charge on any atom is 0.232 e. The molecule has 1 aromatic heterocycles. The minimum Gasteiger partial charge on any atom is -0.379 e. The van der Waals surface area contributed by atoms with Gasteiger partial charge in [-0.05, 0) is 6.42 Å². The van der Waals surface area contributed by atoms with Crippen LogP contribution in [0.1, 0.15) is 6.42 Å². The van der Waals surface area contributed by atoms with E-state index in [0.717, 1.165) is 13.0 Å². The van der Waals surface area contributed by atoms with Gasteiger partial charge in [-0.25, -0.2) is 0 Å². The molecule has 0 aliphatic carbocycles. The lowest BCUT2D eigenvalue weighted by Crippen LogP contribution is -2.34. The molecule has 0 spiro atoms. The first-order valence-electron chi connectivity index (χ1n) is 5.57. The lowest BCUT2D eigenvalue weighted by Gasteiger charge is -2.24. The van der Waals surface area contributed by atoms with Gasteiger partial charge in [-0.2, -0.15) is 15.0 Å². The van der Waals surface area contributed by atoms with Gasteiger partial charge in [-0.3, -0.25) is 0 Å². The van der Waals surface area contributed by atoms with E-state index < -0.39 is 0 Å². The van der Waals surface area contributed by atoms with E-state index >= 15 is 0 Å². The van der Waals surface area contributed by atoms with E-state index in [-0.39, 0.29) is 5.95 Å². The van der Waals surface area contributed by atoms with E-state index in [1.54, 1.807) is 4.90 Å². The first kappa shape index (κ1) is 11.8. The highest BCUT2D eigenvalue weighted by molar-refractivity contribution is 5.42. The van der Waals surface area contributed by atoms with Gasteiger partial charge in [-0.15, -0.1) is 0 Å². The lowest BCUT2D eigenvalue weighted by molar-refractivity contribution is 0.193. The molecule has 1 aliphatic heterocycles. The molecule has 0 radical (unpaired) electrons. The SMILES string of the molecule is CN(C)c1nc(N)nc(N(C)C2CCOC2)n1. The molecule has 2 N–H and O–H groups in total. The number of likely N-dealkylation sites (N-methyl/N-ethyl adjacent to an activating group) is 1. The van der Waals surface area contributed by atoms with Crippen LogP contribution in [-0.4, -0.2) is 55.4 Å². The smallest absolute Gasteiger partial charge is 0.232 e. The minimum atomic E-state index is 0.240. The van der Waals surface area contributed by atoms with Crippen molar-refractivity contribution in [1.82, 2.24) is 15.0 Å². The van der Waals surface area contributed by atoms with Gasteiger partial charge in [0.25, 0.3) is 0 Å². The average molecular weight is 238 g/mol. The Labute approximate surface area is 101 Å². The molecular weight excluding hydrogens is 220 g/mol. The fourth-order valence-electron chi connectivity index (χ4n) is 1.72. The summed E-state index contributed by atoms with van der Waals surface area (Å²) >= 11 is 0. The predicted octanol–water partition coefficient (Wildman–Crippen LogP) is -0.255. The summed E-state index contributed by atoms with van der Waals surface area (Å²) in [6.07, 6.45) is 0.986. The Morgan fingerprint density at radius 1 is 1.18 bits per heavy atom. The third-order valence-electron chi connectivity index (χ3n) is 2.80. The van der Waals surface area contributed by atoms with Crippen molar-refractivity contribution >= 4 is 17.8 Å². The van der Waals surface area contributed by atoms with E-state index in [1.807, 2.05) is 26.0 Å². The Morgan fingerprint density at radius 3 is 2.47 bits per heavy atom. The number of ether oxygens (including phenoxy) is 1. The number of anilines is 3. The topological polar surface area (TPSA) is 80.4 Å². The van der Waals surface area contributed by atoms with Crippen molar-refractivity contribution < 1.29 is 4.74 Å². The van der Waals surface area contributed by atoms with Gasteiger partial charge >= 0.3 is 0 Å².